The van der Waals surface area contributed by atoms with E-state index in [0.29, 0.717) is 11.6 Å². The van der Waals surface area contributed by atoms with Gasteiger partial charge in [0.2, 0.25) is 0 Å². The van der Waals surface area contributed by atoms with Gasteiger partial charge in [0.15, 0.2) is 11.6 Å². The molecule has 1 aliphatic rings. The highest BCUT2D eigenvalue weighted by molar-refractivity contribution is 6.02. The Morgan fingerprint density at radius 1 is 1.37 bits per heavy atom. The quantitative estimate of drug-likeness (QED) is 0.902. The largest absolute Gasteiger partial charge is 0.456 e. The van der Waals surface area contributed by atoms with E-state index in [1.54, 1.807) is 0 Å². The van der Waals surface area contributed by atoms with Crippen LogP contribution in [0.2, 0.25) is 0 Å². The molecule has 0 unspecified atom stereocenters. The molecule has 0 spiro atoms. The van der Waals surface area contributed by atoms with Gasteiger partial charge in [0.1, 0.15) is 5.76 Å². The second-order valence-corrected chi connectivity index (χ2v) is 5.02. The van der Waals surface area contributed by atoms with Crippen LogP contribution in [0, 0.1) is 13.8 Å². The number of aryl methyl sites for hydroxylation is 4. The van der Waals surface area contributed by atoms with Crippen molar-refractivity contribution in [3.63, 3.8) is 0 Å². The van der Waals surface area contributed by atoms with Gasteiger partial charge in [0.25, 0.3) is 5.91 Å². The van der Waals surface area contributed by atoms with Gasteiger partial charge in [-0.25, -0.2) is 0 Å². The Kier molecular flexibility index (Phi) is 2.89. The van der Waals surface area contributed by atoms with E-state index in [9.17, 15) is 4.79 Å². The van der Waals surface area contributed by atoms with Gasteiger partial charge >= 0.3 is 0 Å². The van der Waals surface area contributed by atoms with Crippen molar-refractivity contribution in [2.45, 2.75) is 39.7 Å². The molecule has 2 aromatic rings. The topological polar surface area (TPSA) is 60.1 Å². The number of hydrogen-bond donors (Lipinski definition) is 1. The Labute approximate surface area is 111 Å². The van der Waals surface area contributed by atoms with Gasteiger partial charge in [0.05, 0.1) is 0 Å². The third-order valence-corrected chi connectivity index (χ3v) is 3.40. The van der Waals surface area contributed by atoms with Crippen LogP contribution in [0.15, 0.2) is 16.5 Å². The number of anilines is 1. The number of amides is 1. The van der Waals surface area contributed by atoms with E-state index in [1.807, 2.05) is 30.7 Å². The van der Waals surface area contributed by atoms with Crippen molar-refractivity contribution in [2.75, 3.05) is 5.32 Å². The minimum absolute atomic E-state index is 0.235. The maximum Gasteiger partial charge on any atom is 0.292 e. The Balaban J connectivity index is 1.79. The smallest absolute Gasteiger partial charge is 0.292 e. The SMILES string of the molecule is Cc1cc(C)c(C(=O)Nc2cc3n(n2)CCCC3)o1. The molecule has 0 aromatic carbocycles. The van der Waals surface area contributed by atoms with Gasteiger partial charge in [-0.05, 0) is 39.2 Å². The van der Waals surface area contributed by atoms with E-state index in [-0.39, 0.29) is 5.91 Å². The number of carbonyl (C=O) groups is 1. The summed E-state index contributed by atoms with van der Waals surface area (Å²) in [4.78, 5) is 12.1. The second-order valence-electron chi connectivity index (χ2n) is 5.02. The first-order chi connectivity index (χ1) is 9.13. The summed E-state index contributed by atoms with van der Waals surface area (Å²) in [6.45, 7) is 4.63. The zero-order chi connectivity index (χ0) is 13.4. The van der Waals surface area contributed by atoms with Gasteiger partial charge in [-0.2, -0.15) is 5.10 Å². The summed E-state index contributed by atoms with van der Waals surface area (Å²) in [7, 11) is 0. The first kappa shape index (κ1) is 12.0. The van der Waals surface area contributed by atoms with Crippen LogP contribution in [-0.4, -0.2) is 15.7 Å². The van der Waals surface area contributed by atoms with Gasteiger partial charge in [0, 0.05) is 23.9 Å². The van der Waals surface area contributed by atoms with Crippen LogP contribution in [0.4, 0.5) is 5.82 Å². The fraction of sp³-hybridized carbons (Fsp3) is 0.429. The van der Waals surface area contributed by atoms with Crippen LogP contribution in [0.25, 0.3) is 0 Å². The molecule has 0 aliphatic carbocycles. The highest BCUT2D eigenvalue weighted by Crippen LogP contribution is 2.19. The molecule has 0 bridgehead atoms. The van der Waals surface area contributed by atoms with E-state index in [0.717, 1.165) is 30.7 Å². The molecular formula is C14H17N3O2. The fourth-order valence-corrected chi connectivity index (χ4v) is 2.52. The average molecular weight is 259 g/mol. The molecule has 100 valence electrons. The Morgan fingerprint density at radius 3 is 2.89 bits per heavy atom. The second kappa shape index (κ2) is 4.57. The molecule has 5 heteroatoms. The lowest BCUT2D eigenvalue weighted by Gasteiger charge is -2.11. The Hall–Kier alpha value is -2.04. The highest BCUT2D eigenvalue weighted by Gasteiger charge is 2.18. The van der Waals surface area contributed by atoms with Crippen LogP contribution in [-0.2, 0) is 13.0 Å². The third-order valence-electron chi connectivity index (χ3n) is 3.40. The van der Waals surface area contributed by atoms with Crippen LogP contribution in [0.3, 0.4) is 0 Å². The zero-order valence-electron chi connectivity index (χ0n) is 11.2. The molecule has 0 saturated heterocycles. The molecule has 0 radical (unpaired) electrons. The summed E-state index contributed by atoms with van der Waals surface area (Å²) >= 11 is 0. The summed E-state index contributed by atoms with van der Waals surface area (Å²) in [5, 5.41) is 7.20. The Morgan fingerprint density at radius 2 is 2.21 bits per heavy atom. The van der Waals surface area contributed by atoms with Gasteiger partial charge in [-0.15, -0.1) is 0 Å². The lowest BCUT2D eigenvalue weighted by molar-refractivity contribution is 0.0994. The summed E-state index contributed by atoms with van der Waals surface area (Å²) in [5.74, 6) is 1.48. The molecule has 1 N–H and O–H groups in total. The highest BCUT2D eigenvalue weighted by atomic mass is 16.3. The van der Waals surface area contributed by atoms with Crippen molar-refractivity contribution >= 4 is 11.7 Å². The normalized spacial score (nSPS) is 14.2. The summed E-state index contributed by atoms with van der Waals surface area (Å²) in [5.41, 5.74) is 2.04. The minimum atomic E-state index is -0.235. The maximum absolute atomic E-state index is 12.1. The van der Waals surface area contributed by atoms with E-state index in [2.05, 4.69) is 10.4 Å². The average Bonchev–Trinajstić information content (AvgIpc) is 2.91. The number of hydrogen-bond acceptors (Lipinski definition) is 3. The fourth-order valence-electron chi connectivity index (χ4n) is 2.52. The summed E-state index contributed by atoms with van der Waals surface area (Å²) in [6, 6.07) is 3.80. The first-order valence-electron chi connectivity index (χ1n) is 6.58. The van der Waals surface area contributed by atoms with Crippen molar-refractivity contribution < 1.29 is 9.21 Å². The van der Waals surface area contributed by atoms with Crippen molar-refractivity contribution in [1.82, 2.24) is 9.78 Å². The summed E-state index contributed by atoms with van der Waals surface area (Å²) < 4.78 is 7.38. The molecule has 3 rings (SSSR count). The number of carbonyl (C=O) groups excluding carboxylic acids is 1. The minimum Gasteiger partial charge on any atom is -0.456 e. The number of fused-ring (bicyclic) bond motifs is 1. The van der Waals surface area contributed by atoms with E-state index in [1.165, 1.54) is 12.1 Å². The molecule has 3 heterocycles. The number of rotatable bonds is 2. The predicted octanol–water partition coefficient (Wildman–Crippen LogP) is 2.68. The molecular weight excluding hydrogens is 242 g/mol. The van der Waals surface area contributed by atoms with Crippen molar-refractivity contribution in [3.8, 4) is 0 Å². The lowest BCUT2D eigenvalue weighted by atomic mass is 10.1. The van der Waals surface area contributed by atoms with Crippen molar-refractivity contribution in [1.29, 1.82) is 0 Å². The van der Waals surface area contributed by atoms with E-state index in [4.69, 9.17) is 4.42 Å². The van der Waals surface area contributed by atoms with Crippen molar-refractivity contribution in [2.24, 2.45) is 0 Å². The van der Waals surface area contributed by atoms with Gasteiger partial charge in [-0.1, -0.05) is 0 Å². The number of furan rings is 1. The van der Waals surface area contributed by atoms with Gasteiger partial charge < -0.3 is 9.73 Å². The number of nitrogens with zero attached hydrogens (tertiary/aromatic N) is 2. The summed E-state index contributed by atoms with van der Waals surface area (Å²) in [6.07, 6.45) is 3.37. The molecule has 5 nitrogen and oxygen atoms in total. The maximum atomic E-state index is 12.1. The lowest BCUT2D eigenvalue weighted by Crippen LogP contribution is -2.13. The molecule has 2 aromatic heterocycles. The Bertz CT molecular complexity index is 601. The molecule has 1 amide bonds. The number of aromatic nitrogens is 2. The zero-order valence-corrected chi connectivity index (χ0v) is 11.2. The monoisotopic (exact) mass is 259 g/mol. The third kappa shape index (κ3) is 2.28. The molecule has 0 saturated carbocycles. The number of nitrogens with one attached hydrogen (secondary N) is 1. The molecule has 1 aliphatic heterocycles. The van der Waals surface area contributed by atoms with E-state index < -0.39 is 0 Å². The molecule has 0 fully saturated rings. The van der Waals surface area contributed by atoms with Gasteiger partial charge in [-0.3, -0.25) is 9.48 Å². The molecule has 0 atom stereocenters. The van der Waals surface area contributed by atoms with Crippen LogP contribution in [0.1, 0.15) is 40.4 Å². The standard InChI is InChI=1S/C14H17N3O2/c1-9-7-10(2)19-13(9)14(18)15-12-8-11-5-3-4-6-17(11)16-12/h7-8H,3-6H2,1-2H3,(H,15,16,18). The van der Waals surface area contributed by atoms with Crippen LogP contribution >= 0.6 is 0 Å². The van der Waals surface area contributed by atoms with Crippen LogP contribution < -0.4 is 5.32 Å². The van der Waals surface area contributed by atoms with E-state index >= 15 is 0 Å². The molecule has 19 heavy (non-hydrogen) atoms. The van der Waals surface area contributed by atoms with Crippen LogP contribution in [0.5, 0.6) is 0 Å². The first-order valence-corrected chi connectivity index (χ1v) is 6.58. The predicted molar refractivity (Wildman–Crippen MR) is 71.3 cm³/mol. The van der Waals surface area contributed by atoms with Crippen molar-refractivity contribution in [3.05, 3.63) is 34.9 Å².